The SMILES string of the molecule is CC1=C2[C@@H](CN3[C@H]2O[C@@H]2C[C@H](C)CC[C@H]2C3(C)C)[C@H](c2ccccc2)C1=O. The first-order valence-corrected chi connectivity index (χ1v) is 10.6. The minimum atomic E-state index is -0.0350. The van der Waals surface area contributed by atoms with Crippen LogP contribution in [0, 0.1) is 17.8 Å². The molecule has 2 aliphatic heterocycles. The molecule has 0 aromatic heterocycles. The largest absolute Gasteiger partial charge is 0.356 e. The highest BCUT2D eigenvalue weighted by Gasteiger charge is 2.59. The maximum atomic E-state index is 13.2. The van der Waals surface area contributed by atoms with Crippen LogP contribution in [0.3, 0.4) is 0 Å². The van der Waals surface area contributed by atoms with Gasteiger partial charge < -0.3 is 4.74 Å². The fourth-order valence-electron chi connectivity index (χ4n) is 6.46. The molecule has 5 rings (SSSR count). The highest BCUT2D eigenvalue weighted by Crippen LogP contribution is 2.55. The minimum absolute atomic E-state index is 0.00536. The zero-order valence-corrected chi connectivity index (χ0v) is 16.9. The van der Waals surface area contributed by atoms with Crippen LogP contribution in [0.4, 0.5) is 0 Å². The molecule has 0 amide bonds. The van der Waals surface area contributed by atoms with Gasteiger partial charge in [0.1, 0.15) is 6.23 Å². The summed E-state index contributed by atoms with van der Waals surface area (Å²) in [5, 5.41) is 0. The number of allylic oxidation sites excluding steroid dienone is 1. The fraction of sp³-hybridized carbons (Fsp3) is 0.625. The number of carbonyl (C=O) groups excluding carboxylic acids is 1. The lowest BCUT2D eigenvalue weighted by Gasteiger charge is -2.55. The fourth-order valence-corrected chi connectivity index (χ4v) is 6.46. The molecule has 0 N–H and O–H groups in total. The zero-order chi connectivity index (χ0) is 18.9. The molecule has 1 aromatic carbocycles. The molecule has 0 bridgehead atoms. The van der Waals surface area contributed by atoms with E-state index in [-0.39, 0.29) is 23.6 Å². The van der Waals surface area contributed by atoms with Crippen LogP contribution < -0.4 is 0 Å². The van der Waals surface area contributed by atoms with Crippen LogP contribution in [-0.2, 0) is 9.53 Å². The van der Waals surface area contributed by atoms with E-state index in [1.54, 1.807) is 0 Å². The third kappa shape index (κ3) is 2.44. The Hall–Kier alpha value is -1.45. The highest BCUT2D eigenvalue weighted by atomic mass is 16.5. The summed E-state index contributed by atoms with van der Waals surface area (Å²) < 4.78 is 6.75. The summed E-state index contributed by atoms with van der Waals surface area (Å²) in [5.41, 5.74) is 3.51. The van der Waals surface area contributed by atoms with Crippen LogP contribution in [0.1, 0.15) is 58.4 Å². The molecule has 4 aliphatic rings. The van der Waals surface area contributed by atoms with Crippen molar-refractivity contribution in [2.24, 2.45) is 17.8 Å². The maximum absolute atomic E-state index is 13.2. The van der Waals surface area contributed by atoms with Crippen LogP contribution in [0.15, 0.2) is 41.5 Å². The smallest absolute Gasteiger partial charge is 0.166 e. The second kappa shape index (κ2) is 6.02. The molecular formula is C24H31NO2. The summed E-state index contributed by atoms with van der Waals surface area (Å²) in [6, 6.07) is 10.4. The number of ether oxygens (including phenoxy) is 1. The van der Waals surface area contributed by atoms with E-state index in [2.05, 4.69) is 49.9 Å². The number of ketones is 1. The van der Waals surface area contributed by atoms with E-state index < -0.39 is 0 Å². The van der Waals surface area contributed by atoms with E-state index in [9.17, 15) is 4.79 Å². The molecule has 1 saturated carbocycles. The summed E-state index contributed by atoms with van der Waals surface area (Å²) in [6.45, 7) is 10.1. The Labute approximate surface area is 162 Å². The van der Waals surface area contributed by atoms with Gasteiger partial charge in [0.2, 0.25) is 0 Å². The minimum Gasteiger partial charge on any atom is -0.356 e. The van der Waals surface area contributed by atoms with E-state index in [1.165, 1.54) is 18.4 Å². The molecule has 3 heteroatoms. The summed E-state index contributed by atoms with van der Waals surface area (Å²) in [5.74, 6) is 1.87. The number of fused-ring (bicyclic) bond motifs is 4. The summed E-state index contributed by atoms with van der Waals surface area (Å²) in [4.78, 5) is 15.7. The van der Waals surface area contributed by atoms with E-state index in [0.717, 1.165) is 30.0 Å². The van der Waals surface area contributed by atoms with Gasteiger partial charge in [0, 0.05) is 23.9 Å². The van der Waals surface area contributed by atoms with Gasteiger partial charge in [-0.2, -0.15) is 0 Å². The second-order valence-electron chi connectivity index (χ2n) is 9.80. The third-order valence-corrected chi connectivity index (χ3v) is 7.99. The normalized spacial score (nSPS) is 40.7. The monoisotopic (exact) mass is 365 g/mol. The first kappa shape index (κ1) is 17.6. The van der Waals surface area contributed by atoms with E-state index in [0.29, 0.717) is 17.8 Å². The molecule has 6 atom stereocenters. The first-order valence-electron chi connectivity index (χ1n) is 10.6. The van der Waals surface area contributed by atoms with Crippen molar-refractivity contribution in [2.75, 3.05) is 6.54 Å². The lowest BCUT2D eigenvalue weighted by atomic mass is 9.70. The van der Waals surface area contributed by atoms with Gasteiger partial charge in [-0.3, -0.25) is 9.69 Å². The Morgan fingerprint density at radius 1 is 1.15 bits per heavy atom. The summed E-state index contributed by atoms with van der Waals surface area (Å²) in [7, 11) is 0. The van der Waals surface area contributed by atoms with Crippen LogP contribution in [0.25, 0.3) is 0 Å². The molecule has 2 aliphatic carbocycles. The van der Waals surface area contributed by atoms with Crippen LogP contribution in [-0.4, -0.2) is 35.1 Å². The number of carbonyl (C=O) groups is 1. The molecule has 3 fully saturated rings. The number of nitrogens with zero attached hydrogens (tertiary/aromatic N) is 1. The number of hydrogen-bond donors (Lipinski definition) is 0. The maximum Gasteiger partial charge on any atom is 0.166 e. The predicted molar refractivity (Wildman–Crippen MR) is 106 cm³/mol. The number of hydrogen-bond acceptors (Lipinski definition) is 3. The van der Waals surface area contributed by atoms with Crippen molar-refractivity contribution in [3.05, 3.63) is 47.0 Å². The Morgan fingerprint density at radius 3 is 2.63 bits per heavy atom. The molecule has 0 radical (unpaired) electrons. The van der Waals surface area contributed by atoms with Gasteiger partial charge in [0.05, 0.1) is 12.0 Å². The van der Waals surface area contributed by atoms with Crippen LogP contribution >= 0.6 is 0 Å². The van der Waals surface area contributed by atoms with Gasteiger partial charge in [0.15, 0.2) is 5.78 Å². The average molecular weight is 366 g/mol. The van der Waals surface area contributed by atoms with Crippen molar-refractivity contribution in [2.45, 2.75) is 70.7 Å². The Bertz CT molecular complexity index is 796. The Kier molecular flexibility index (Phi) is 3.93. The average Bonchev–Trinajstić information content (AvgIpc) is 3.12. The molecular weight excluding hydrogens is 334 g/mol. The molecule has 27 heavy (non-hydrogen) atoms. The number of benzene rings is 1. The Balaban J connectivity index is 1.54. The zero-order valence-electron chi connectivity index (χ0n) is 16.9. The van der Waals surface area contributed by atoms with E-state index in [4.69, 9.17) is 4.74 Å². The van der Waals surface area contributed by atoms with Gasteiger partial charge in [-0.25, -0.2) is 0 Å². The Morgan fingerprint density at radius 2 is 1.89 bits per heavy atom. The van der Waals surface area contributed by atoms with Crippen molar-refractivity contribution in [3.8, 4) is 0 Å². The quantitative estimate of drug-likeness (QED) is 0.732. The van der Waals surface area contributed by atoms with Gasteiger partial charge in [-0.15, -0.1) is 0 Å². The third-order valence-electron chi connectivity index (χ3n) is 7.99. The molecule has 2 saturated heterocycles. The van der Waals surface area contributed by atoms with Crippen molar-refractivity contribution < 1.29 is 9.53 Å². The van der Waals surface area contributed by atoms with Crippen molar-refractivity contribution in [1.29, 1.82) is 0 Å². The number of rotatable bonds is 1. The molecule has 144 valence electrons. The first-order chi connectivity index (χ1) is 12.9. The van der Waals surface area contributed by atoms with E-state index >= 15 is 0 Å². The van der Waals surface area contributed by atoms with Gasteiger partial charge in [-0.05, 0) is 56.2 Å². The van der Waals surface area contributed by atoms with Gasteiger partial charge in [-0.1, -0.05) is 43.7 Å². The molecule has 0 spiro atoms. The predicted octanol–water partition coefficient (Wildman–Crippen LogP) is 4.54. The molecule has 1 aromatic rings. The van der Waals surface area contributed by atoms with Crippen molar-refractivity contribution >= 4 is 5.78 Å². The van der Waals surface area contributed by atoms with Gasteiger partial charge >= 0.3 is 0 Å². The molecule has 3 nitrogen and oxygen atoms in total. The van der Waals surface area contributed by atoms with Gasteiger partial charge in [0.25, 0.3) is 0 Å². The van der Waals surface area contributed by atoms with Crippen LogP contribution in [0.2, 0.25) is 0 Å². The number of Topliss-reactive ketones (excluding diaryl/α,β-unsaturated/α-hetero) is 1. The molecule has 0 unspecified atom stereocenters. The molecule has 2 heterocycles. The second-order valence-corrected chi connectivity index (χ2v) is 9.80. The summed E-state index contributed by atoms with van der Waals surface area (Å²) in [6.07, 6.45) is 4.05. The summed E-state index contributed by atoms with van der Waals surface area (Å²) >= 11 is 0. The standard InChI is InChI=1S/C24H31NO2/c1-14-10-11-18-19(12-14)27-23-20-15(2)22(26)21(16-8-6-5-7-9-16)17(20)13-25(23)24(18,3)4/h5-9,14,17-19,21,23H,10-13H2,1-4H3/t14-,17-,18-,19-,21+,23+/m1/s1. The topological polar surface area (TPSA) is 29.5 Å². The lowest BCUT2D eigenvalue weighted by molar-refractivity contribution is -0.207. The highest BCUT2D eigenvalue weighted by molar-refractivity contribution is 6.04. The lowest BCUT2D eigenvalue weighted by Crippen LogP contribution is -2.63. The van der Waals surface area contributed by atoms with Crippen molar-refractivity contribution in [1.82, 2.24) is 4.90 Å². The van der Waals surface area contributed by atoms with E-state index in [1.807, 2.05) is 13.0 Å². The van der Waals surface area contributed by atoms with Crippen molar-refractivity contribution in [3.63, 3.8) is 0 Å². The van der Waals surface area contributed by atoms with Crippen LogP contribution in [0.5, 0.6) is 0 Å².